The van der Waals surface area contributed by atoms with Gasteiger partial charge in [-0.05, 0) is 42.0 Å². The fraction of sp³-hybridized carbons (Fsp3) is 0.238. The molecule has 5 nitrogen and oxygen atoms in total. The second-order valence-electron chi connectivity index (χ2n) is 6.70. The summed E-state index contributed by atoms with van der Waals surface area (Å²) in [4.78, 5) is 14.8. The smallest absolute Gasteiger partial charge is 0.241 e. The summed E-state index contributed by atoms with van der Waals surface area (Å²) < 4.78 is 21.3. The number of morpholine rings is 1. The van der Waals surface area contributed by atoms with Crippen molar-refractivity contribution in [1.82, 2.24) is 14.7 Å². The molecule has 1 saturated heterocycles. The molecule has 0 aliphatic carbocycles. The minimum Gasteiger partial charge on any atom is -0.378 e. The van der Waals surface area contributed by atoms with E-state index < -0.39 is 5.25 Å². The Kier molecular flexibility index (Phi) is 6.03. The molecule has 1 atom stereocenters. The molecular formula is C21H19BrFN3O2S. The largest absolute Gasteiger partial charge is 0.378 e. The third-order valence-corrected chi connectivity index (χ3v) is 5.80. The summed E-state index contributed by atoms with van der Waals surface area (Å²) in [6.07, 6.45) is 1.85. The molecule has 0 spiro atoms. The van der Waals surface area contributed by atoms with Crippen molar-refractivity contribution in [2.24, 2.45) is 0 Å². The summed E-state index contributed by atoms with van der Waals surface area (Å²) in [6.45, 7) is 2.13. The van der Waals surface area contributed by atoms with Gasteiger partial charge in [0.2, 0.25) is 5.91 Å². The van der Waals surface area contributed by atoms with Crippen LogP contribution in [0.2, 0.25) is 0 Å². The van der Waals surface area contributed by atoms with Crippen LogP contribution in [0.3, 0.4) is 0 Å². The van der Waals surface area contributed by atoms with Crippen LogP contribution in [-0.4, -0.2) is 46.9 Å². The molecule has 2 heterocycles. The first-order chi connectivity index (χ1) is 14.0. The highest BCUT2D eigenvalue weighted by atomic mass is 79.9. The minimum atomic E-state index is -0.714. The normalized spacial score (nSPS) is 15.3. The Bertz CT molecular complexity index is 1000. The molecule has 1 aliphatic heterocycles. The molecule has 1 unspecified atom stereocenters. The van der Waals surface area contributed by atoms with Crippen LogP contribution in [0, 0.1) is 5.82 Å². The van der Waals surface area contributed by atoms with E-state index in [4.69, 9.17) is 4.74 Å². The van der Waals surface area contributed by atoms with Crippen molar-refractivity contribution in [3.05, 3.63) is 70.7 Å². The Morgan fingerprint density at radius 1 is 1.10 bits per heavy atom. The average molecular weight is 476 g/mol. The Balaban J connectivity index is 1.74. The van der Waals surface area contributed by atoms with Crippen LogP contribution in [0.5, 0.6) is 0 Å². The van der Waals surface area contributed by atoms with E-state index in [0.717, 1.165) is 15.6 Å². The Morgan fingerprint density at radius 3 is 2.41 bits per heavy atom. The van der Waals surface area contributed by atoms with Gasteiger partial charge in [0.05, 0.1) is 24.6 Å². The summed E-state index contributed by atoms with van der Waals surface area (Å²) in [7, 11) is 0. The number of hydrogen-bond acceptors (Lipinski definition) is 4. The molecule has 0 saturated carbocycles. The monoisotopic (exact) mass is 475 g/mol. The molecule has 1 amide bonds. The highest BCUT2D eigenvalue weighted by molar-refractivity contribution is 9.10. The quantitative estimate of drug-likeness (QED) is 0.573. The van der Waals surface area contributed by atoms with Gasteiger partial charge < -0.3 is 9.64 Å². The van der Waals surface area contributed by atoms with E-state index in [1.54, 1.807) is 21.7 Å². The molecular weight excluding hydrogens is 457 g/mol. The van der Waals surface area contributed by atoms with E-state index in [1.807, 2.05) is 30.5 Å². The molecule has 0 radical (unpaired) electrons. The van der Waals surface area contributed by atoms with Crippen LogP contribution in [-0.2, 0) is 9.53 Å². The molecule has 2 aromatic carbocycles. The van der Waals surface area contributed by atoms with E-state index >= 15 is 0 Å². The number of carbonyl (C=O) groups excluding carboxylic acids is 1. The number of rotatable bonds is 4. The second kappa shape index (κ2) is 8.69. The third-order valence-electron chi connectivity index (χ3n) is 4.80. The number of ether oxygens (including phenoxy) is 1. The van der Waals surface area contributed by atoms with E-state index in [0.29, 0.717) is 37.7 Å². The molecule has 1 aliphatic rings. The van der Waals surface area contributed by atoms with Gasteiger partial charge >= 0.3 is 0 Å². The van der Waals surface area contributed by atoms with Gasteiger partial charge in [0.25, 0.3) is 0 Å². The molecule has 3 aromatic rings. The first-order valence-corrected chi connectivity index (χ1v) is 10.5. The van der Waals surface area contributed by atoms with Gasteiger partial charge in [-0.15, -0.1) is 0 Å². The molecule has 0 bridgehead atoms. The SMILES string of the molecule is O=C(C(S)c1nn(-c2ccc(F)cc2)cc1-c1ccc(Br)cc1)N1CCOCC1. The van der Waals surface area contributed by atoms with Gasteiger partial charge in [-0.3, -0.25) is 4.79 Å². The number of thiol groups is 1. The second-order valence-corrected chi connectivity index (χ2v) is 8.13. The maximum atomic E-state index is 13.3. The summed E-state index contributed by atoms with van der Waals surface area (Å²) in [6, 6.07) is 13.8. The van der Waals surface area contributed by atoms with Gasteiger partial charge in [-0.2, -0.15) is 17.7 Å². The van der Waals surface area contributed by atoms with E-state index in [9.17, 15) is 9.18 Å². The van der Waals surface area contributed by atoms with Crippen LogP contribution < -0.4 is 0 Å². The summed E-state index contributed by atoms with van der Waals surface area (Å²) in [5, 5.41) is 3.94. The van der Waals surface area contributed by atoms with Crippen molar-refractivity contribution in [1.29, 1.82) is 0 Å². The highest BCUT2D eigenvalue weighted by Gasteiger charge is 2.29. The van der Waals surface area contributed by atoms with Crippen LogP contribution in [0.1, 0.15) is 10.9 Å². The Labute approximate surface area is 182 Å². The molecule has 1 aromatic heterocycles. The van der Waals surface area contributed by atoms with Crippen LogP contribution in [0.15, 0.2) is 59.2 Å². The van der Waals surface area contributed by atoms with E-state index in [2.05, 4.69) is 33.7 Å². The zero-order valence-corrected chi connectivity index (χ0v) is 17.9. The average Bonchev–Trinajstić information content (AvgIpc) is 3.19. The van der Waals surface area contributed by atoms with Gasteiger partial charge in [0, 0.05) is 29.3 Å². The summed E-state index contributed by atoms with van der Waals surface area (Å²) in [5.74, 6) is -0.414. The molecule has 150 valence electrons. The lowest BCUT2D eigenvalue weighted by molar-refractivity contribution is -0.134. The molecule has 0 N–H and O–H groups in total. The fourth-order valence-corrected chi connectivity index (χ4v) is 3.86. The fourth-order valence-electron chi connectivity index (χ4n) is 3.24. The first kappa shape index (κ1) is 20.1. The minimum absolute atomic E-state index is 0.0978. The lowest BCUT2D eigenvalue weighted by Crippen LogP contribution is -2.42. The number of carbonyl (C=O) groups is 1. The Hall–Kier alpha value is -2.16. The van der Waals surface area contributed by atoms with Crippen molar-refractivity contribution < 1.29 is 13.9 Å². The van der Waals surface area contributed by atoms with E-state index in [1.165, 1.54) is 12.1 Å². The predicted molar refractivity (Wildman–Crippen MR) is 116 cm³/mol. The summed E-state index contributed by atoms with van der Waals surface area (Å²) >= 11 is 8.08. The van der Waals surface area contributed by atoms with Crippen molar-refractivity contribution in [3.63, 3.8) is 0 Å². The van der Waals surface area contributed by atoms with E-state index in [-0.39, 0.29) is 11.7 Å². The topological polar surface area (TPSA) is 47.4 Å². The Morgan fingerprint density at radius 2 is 1.76 bits per heavy atom. The third kappa shape index (κ3) is 4.39. The van der Waals surface area contributed by atoms with Crippen molar-refractivity contribution >= 4 is 34.5 Å². The lowest BCUT2D eigenvalue weighted by Gasteiger charge is -2.28. The first-order valence-electron chi connectivity index (χ1n) is 9.19. The number of halogens is 2. The molecule has 4 rings (SSSR count). The van der Waals surface area contributed by atoms with Gasteiger partial charge in [-0.25, -0.2) is 9.07 Å². The molecule has 8 heteroatoms. The van der Waals surface area contributed by atoms with Crippen molar-refractivity contribution in [3.8, 4) is 16.8 Å². The van der Waals surface area contributed by atoms with Crippen LogP contribution in [0.25, 0.3) is 16.8 Å². The van der Waals surface area contributed by atoms with Crippen molar-refractivity contribution in [2.45, 2.75) is 5.25 Å². The number of amides is 1. The maximum absolute atomic E-state index is 13.3. The molecule has 29 heavy (non-hydrogen) atoms. The lowest BCUT2D eigenvalue weighted by atomic mass is 10.0. The zero-order valence-electron chi connectivity index (χ0n) is 15.5. The predicted octanol–water partition coefficient (Wildman–Crippen LogP) is 4.27. The summed E-state index contributed by atoms with van der Waals surface area (Å²) in [5.41, 5.74) is 3.00. The number of hydrogen-bond donors (Lipinski definition) is 1. The van der Waals surface area contributed by atoms with Gasteiger partial charge in [-0.1, -0.05) is 28.1 Å². The van der Waals surface area contributed by atoms with Gasteiger partial charge in [0.1, 0.15) is 11.1 Å². The van der Waals surface area contributed by atoms with Gasteiger partial charge in [0.15, 0.2) is 0 Å². The number of aromatic nitrogens is 2. The zero-order chi connectivity index (χ0) is 20.4. The highest BCUT2D eigenvalue weighted by Crippen LogP contribution is 2.33. The van der Waals surface area contributed by atoms with Crippen LogP contribution in [0.4, 0.5) is 4.39 Å². The van der Waals surface area contributed by atoms with Crippen molar-refractivity contribution in [2.75, 3.05) is 26.3 Å². The standard InChI is InChI=1S/C21H19BrFN3O2S/c22-15-3-1-14(2-4-15)18-13-26(17-7-5-16(23)6-8-17)24-19(18)20(29)21(27)25-9-11-28-12-10-25/h1-8,13,20,29H,9-12H2. The maximum Gasteiger partial charge on any atom is 0.241 e. The van der Waals surface area contributed by atoms with Crippen LogP contribution >= 0.6 is 28.6 Å². The number of benzene rings is 2. The molecule has 1 fully saturated rings. The number of nitrogens with zero attached hydrogens (tertiary/aromatic N) is 3.